The van der Waals surface area contributed by atoms with Crippen molar-refractivity contribution in [2.45, 2.75) is 4.90 Å². The molecule has 0 atom stereocenters. The summed E-state index contributed by atoms with van der Waals surface area (Å²) >= 11 is 6.51. The molecule has 0 aliphatic rings. The minimum absolute atomic E-state index is 0.155. The van der Waals surface area contributed by atoms with Crippen LogP contribution in [0.3, 0.4) is 0 Å². The van der Waals surface area contributed by atoms with Crippen molar-refractivity contribution in [2.75, 3.05) is 46.3 Å². The zero-order valence-electron chi connectivity index (χ0n) is 11.8. The van der Waals surface area contributed by atoms with Crippen LogP contribution in [-0.4, -0.2) is 53.2 Å². The zero-order chi connectivity index (χ0) is 16.0. The molecule has 1 aromatic rings. The quantitative estimate of drug-likeness (QED) is 0.619. The van der Waals surface area contributed by atoms with Crippen molar-refractivity contribution in [3.8, 4) is 0 Å². The monoisotopic (exact) mass is 444 g/mol. The van der Waals surface area contributed by atoms with Gasteiger partial charge in [-0.3, -0.25) is 0 Å². The van der Waals surface area contributed by atoms with E-state index in [0.717, 1.165) is 0 Å². The molecule has 0 heterocycles. The van der Waals surface area contributed by atoms with Gasteiger partial charge in [0, 0.05) is 36.3 Å². The number of anilines is 1. The van der Waals surface area contributed by atoms with Gasteiger partial charge in [0.25, 0.3) is 0 Å². The second-order valence-corrected chi connectivity index (χ2v) is 7.84. The summed E-state index contributed by atoms with van der Waals surface area (Å²) in [5.74, 6) is 0. The van der Waals surface area contributed by atoms with Gasteiger partial charge < -0.3 is 15.2 Å². The first-order valence-electron chi connectivity index (χ1n) is 6.07. The lowest BCUT2D eigenvalue weighted by Crippen LogP contribution is -2.36. The molecule has 0 bridgehead atoms. The van der Waals surface area contributed by atoms with Gasteiger partial charge in [0.1, 0.15) is 0 Å². The summed E-state index contributed by atoms with van der Waals surface area (Å²) in [6, 6.07) is 2.98. The topological polar surface area (TPSA) is 81.9 Å². The Morgan fingerprint density at radius 1 is 1.10 bits per heavy atom. The molecule has 21 heavy (non-hydrogen) atoms. The van der Waals surface area contributed by atoms with Crippen LogP contribution >= 0.6 is 31.9 Å². The van der Waals surface area contributed by atoms with E-state index < -0.39 is 10.0 Å². The van der Waals surface area contributed by atoms with Crippen LogP contribution in [0.1, 0.15) is 0 Å². The summed E-state index contributed by atoms with van der Waals surface area (Å²) in [5, 5.41) is 0. The van der Waals surface area contributed by atoms with Gasteiger partial charge >= 0.3 is 0 Å². The third-order valence-corrected chi connectivity index (χ3v) is 5.97. The SMILES string of the molecule is COCCN(CCOC)S(=O)(=O)c1cc(Br)c(N)c(Br)c1. The van der Waals surface area contributed by atoms with Crippen molar-refractivity contribution >= 4 is 47.6 Å². The molecule has 2 N–H and O–H groups in total. The molecule has 0 radical (unpaired) electrons. The minimum Gasteiger partial charge on any atom is -0.397 e. The number of nitrogens with two attached hydrogens (primary N) is 1. The van der Waals surface area contributed by atoms with Gasteiger partial charge in [0.2, 0.25) is 10.0 Å². The fraction of sp³-hybridized carbons (Fsp3) is 0.500. The maximum atomic E-state index is 12.7. The van der Waals surface area contributed by atoms with Crippen LogP contribution in [0.5, 0.6) is 0 Å². The third kappa shape index (κ3) is 4.90. The van der Waals surface area contributed by atoms with Gasteiger partial charge in [-0.2, -0.15) is 4.31 Å². The van der Waals surface area contributed by atoms with Crippen LogP contribution in [0.25, 0.3) is 0 Å². The first-order valence-corrected chi connectivity index (χ1v) is 9.09. The Bertz CT molecular complexity index is 550. The number of nitrogen functional groups attached to an aromatic ring is 1. The van der Waals surface area contributed by atoms with Crippen LogP contribution in [-0.2, 0) is 19.5 Å². The van der Waals surface area contributed by atoms with Gasteiger partial charge in [-0.1, -0.05) is 0 Å². The van der Waals surface area contributed by atoms with Crippen LogP contribution in [0, 0.1) is 0 Å². The summed E-state index contributed by atoms with van der Waals surface area (Å²) < 4.78 is 37.7. The van der Waals surface area contributed by atoms with E-state index in [4.69, 9.17) is 15.2 Å². The molecular weight excluding hydrogens is 428 g/mol. The fourth-order valence-electron chi connectivity index (χ4n) is 1.60. The molecule has 0 aromatic heterocycles. The second-order valence-electron chi connectivity index (χ2n) is 4.19. The van der Waals surface area contributed by atoms with E-state index in [-0.39, 0.29) is 18.0 Å². The molecule has 9 heteroatoms. The van der Waals surface area contributed by atoms with Crippen LogP contribution in [0.2, 0.25) is 0 Å². The Labute approximate surface area is 141 Å². The lowest BCUT2D eigenvalue weighted by molar-refractivity contribution is 0.150. The smallest absolute Gasteiger partial charge is 0.243 e. The van der Waals surface area contributed by atoms with Crippen LogP contribution < -0.4 is 5.73 Å². The average molecular weight is 446 g/mol. The Balaban J connectivity index is 3.15. The Kier molecular flexibility index (Phi) is 7.58. The number of sulfonamides is 1. The van der Waals surface area contributed by atoms with Gasteiger partial charge in [0.15, 0.2) is 0 Å². The maximum Gasteiger partial charge on any atom is 0.243 e. The standard InChI is InChI=1S/C12H18Br2N2O4S/c1-19-5-3-16(4-6-20-2)21(17,18)9-7-10(13)12(15)11(14)8-9/h7-8H,3-6,15H2,1-2H3. The number of hydrogen-bond donors (Lipinski definition) is 1. The van der Waals surface area contributed by atoms with Crippen molar-refractivity contribution in [3.05, 3.63) is 21.1 Å². The van der Waals surface area contributed by atoms with E-state index in [1.54, 1.807) is 0 Å². The molecule has 1 rings (SSSR count). The van der Waals surface area contributed by atoms with E-state index in [0.29, 0.717) is 27.8 Å². The molecular formula is C12H18Br2N2O4S. The number of hydrogen-bond acceptors (Lipinski definition) is 5. The van der Waals surface area contributed by atoms with Crippen LogP contribution in [0.4, 0.5) is 5.69 Å². The van der Waals surface area contributed by atoms with Gasteiger partial charge in [-0.15, -0.1) is 0 Å². The Hall–Kier alpha value is -0.190. The number of benzene rings is 1. The van der Waals surface area contributed by atoms with Gasteiger partial charge in [-0.25, -0.2) is 8.42 Å². The molecule has 120 valence electrons. The number of ether oxygens (including phenoxy) is 2. The van der Waals surface area contributed by atoms with Gasteiger partial charge in [0.05, 0.1) is 23.8 Å². The Morgan fingerprint density at radius 2 is 1.52 bits per heavy atom. The molecule has 0 aliphatic carbocycles. The van der Waals surface area contributed by atoms with Crippen molar-refractivity contribution in [1.29, 1.82) is 0 Å². The molecule has 0 unspecified atom stereocenters. The van der Waals surface area contributed by atoms with Crippen molar-refractivity contribution in [1.82, 2.24) is 4.31 Å². The summed E-state index contributed by atoms with van der Waals surface area (Å²) in [4.78, 5) is 0.155. The van der Waals surface area contributed by atoms with E-state index in [9.17, 15) is 8.42 Å². The van der Waals surface area contributed by atoms with Gasteiger partial charge in [-0.05, 0) is 44.0 Å². The van der Waals surface area contributed by atoms with Crippen molar-refractivity contribution in [3.63, 3.8) is 0 Å². The van der Waals surface area contributed by atoms with Crippen molar-refractivity contribution in [2.24, 2.45) is 0 Å². The zero-order valence-corrected chi connectivity index (χ0v) is 15.8. The fourth-order valence-corrected chi connectivity index (χ4v) is 4.55. The molecule has 0 saturated carbocycles. The highest BCUT2D eigenvalue weighted by Crippen LogP contribution is 2.32. The molecule has 0 aliphatic heterocycles. The highest BCUT2D eigenvalue weighted by atomic mass is 79.9. The molecule has 1 aromatic carbocycles. The summed E-state index contributed by atoms with van der Waals surface area (Å²) in [5.41, 5.74) is 6.24. The summed E-state index contributed by atoms with van der Waals surface area (Å²) in [7, 11) is -0.599. The summed E-state index contributed by atoms with van der Waals surface area (Å²) in [6.07, 6.45) is 0. The lowest BCUT2D eigenvalue weighted by Gasteiger charge is -2.22. The molecule has 6 nitrogen and oxygen atoms in total. The number of halogens is 2. The van der Waals surface area contributed by atoms with Crippen LogP contribution in [0.15, 0.2) is 26.0 Å². The first kappa shape index (κ1) is 18.9. The minimum atomic E-state index is -3.65. The predicted molar refractivity (Wildman–Crippen MR) is 88.8 cm³/mol. The predicted octanol–water partition coefficient (Wildman–Crippen LogP) is 2.08. The maximum absolute atomic E-state index is 12.7. The largest absolute Gasteiger partial charge is 0.397 e. The van der Waals surface area contributed by atoms with Crippen molar-refractivity contribution < 1.29 is 17.9 Å². The molecule has 0 amide bonds. The molecule has 0 spiro atoms. The molecule has 0 fully saturated rings. The number of nitrogens with zero attached hydrogens (tertiary/aromatic N) is 1. The molecule has 0 saturated heterocycles. The van der Waals surface area contributed by atoms with E-state index in [1.807, 2.05) is 0 Å². The average Bonchev–Trinajstić information content (AvgIpc) is 2.44. The summed E-state index contributed by atoms with van der Waals surface area (Å²) in [6.45, 7) is 1.12. The Morgan fingerprint density at radius 3 is 1.90 bits per heavy atom. The number of rotatable bonds is 8. The van der Waals surface area contributed by atoms with E-state index in [1.165, 1.54) is 30.7 Å². The third-order valence-electron chi connectivity index (χ3n) is 2.78. The first-order chi connectivity index (χ1) is 9.84. The van der Waals surface area contributed by atoms with E-state index in [2.05, 4.69) is 31.9 Å². The van der Waals surface area contributed by atoms with E-state index >= 15 is 0 Å². The highest BCUT2D eigenvalue weighted by Gasteiger charge is 2.25. The normalized spacial score (nSPS) is 12.0. The highest BCUT2D eigenvalue weighted by molar-refractivity contribution is 9.11. The number of methoxy groups -OCH3 is 2. The lowest BCUT2D eigenvalue weighted by atomic mass is 10.3. The second kappa shape index (κ2) is 8.44.